The Morgan fingerprint density at radius 3 is 2.75 bits per heavy atom. The van der Waals surface area contributed by atoms with E-state index in [1.165, 1.54) is 16.0 Å². The third kappa shape index (κ3) is 4.86. The van der Waals surface area contributed by atoms with Crippen molar-refractivity contribution in [3.05, 3.63) is 76.8 Å². The van der Waals surface area contributed by atoms with E-state index in [0.717, 1.165) is 42.3 Å². The number of nitrogens with one attached hydrogen (secondary N) is 2. The zero-order valence-corrected chi connectivity index (χ0v) is 17.0. The second kappa shape index (κ2) is 8.67. The zero-order valence-electron chi connectivity index (χ0n) is 16.2. The van der Waals surface area contributed by atoms with Gasteiger partial charge in [0.15, 0.2) is 0 Å². The summed E-state index contributed by atoms with van der Waals surface area (Å²) in [6.07, 6.45) is 1.40. The number of thiazole rings is 1. The van der Waals surface area contributed by atoms with E-state index in [4.69, 9.17) is 0 Å². The molecule has 1 aliphatic rings. The van der Waals surface area contributed by atoms with Gasteiger partial charge in [0.05, 0.1) is 31.2 Å². The molecule has 5 heteroatoms. The zero-order chi connectivity index (χ0) is 19.3. The van der Waals surface area contributed by atoms with E-state index in [9.17, 15) is 4.79 Å². The minimum absolute atomic E-state index is 0.0757. The Morgan fingerprint density at radius 2 is 1.96 bits per heavy atom. The lowest BCUT2D eigenvalue weighted by molar-refractivity contribution is -0.901. The molecule has 1 aromatic heterocycles. The molecule has 1 unspecified atom stereocenters. The van der Waals surface area contributed by atoms with Crippen molar-refractivity contribution in [3.8, 4) is 10.6 Å². The van der Waals surface area contributed by atoms with E-state index in [0.29, 0.717) is 6.42 Å². The lowest BCUT2D eigenvalue weighted by Gasteiger charge is -2.14. The fourth-order valence-corrected chi connectivity index (χ4v) is 4.59. The predicted octanol–water partition coefficient (Wildman–Crippen LogP) is 2.63. The molecule has 28 heavy (non-hydrogen) atoms. The summed E-state index contributed by atoms with van der Waals surface area (Å²) < 4.78 is 0. The van der Waals surface area contributed by atoms with Crippen molar-refractivity contribution in [2.45, 2.75) is 32.4 Å². The summed E-state index contributed by atoms with van der Waals surface area (Å²) in [4.78, 5) is 18.7. The summed E-state index contributed by atoms with van der Waals surface area (Å²) in [7, 11) is 0. The van der Waals surface area contributed by atoms with Crippen LogP contribution in [0.25, 0.3) is 10.6 Å². The number of benzene rings is 2. The molecule has 0 bridgehead atoms. The molecule has 0 aliphatic carbocycles. The van der Waals surface area contributed by atoms with Gasteiger partial charge in [0, 0.05) is 22.9 Å². The maximum absolute atomic E-state index is 12.5. The van der Waals surface area contributed by atoms with Crippen molar-refractivity contribution in [1.29, 1.82) is 0 Å². The molecule has 3 aromatic rings. The van der Waals surface area contributed by atoms with Crippen LogP contribution < -0.4 is 10.2 Å². The van der Waals surface area contributed by atoms with Crippen LogP contribution in [0.4, 0.5) is 0 Å². The van der Waals surface area contributed by atoms with E-state index in [1.807, 2.05) is 5.38 Å². The molecule has 1 aliphatic heterocycles. The minimum atomic E-state index is 0.0757. The monoisotopic (exact) mass is 392 g/mol. The number of rotatable bonds is 6. The number of aryl methyl sites for hydroxylation is 1. The van der Waals surface area contributed by atoms with Crippen molar-refractivity contribution < 1.29 is 9.69 Å². The third-order valence-corrected chi connectivity index (χ3v) is 6.18. The highest BCUT2D eigenvalue weighted by Gasteiger charge is 2.27. The normalized spacial score (nSPS) is 18.9. The van der Waals surface area contributed by atoms with Crippen molar-refractivity contribution in [3.63, 3.8) is 0 Å². The second-order valence-corrected chi connectivity index (χ2v) is 8.46. The number of carbonyl (C=O) groups excluding carboxylic acids is 1. The molecule has 0 radical (unpaired) electrons. The van der Waals surface area contributed by atoms with Gasteiger partial charge in [0.25, 0.3) is 0 Å². The van der Waals surface area contributed by atoms with Crippen molar-refractivity contribution in [2.75, 3.05) is 13.1 Å². The molecule has 1 amide bonds. The average Bonchev–Trinajstić information content (AvgIpc) is 3.33. The third-order valence-electron chi connectivity index (χ3n) is 5.24. The van der Waals surface area contributed by atoms with Gasteiger partial charge in [-0.25, -0.2) is 4.98 Å². The van der Waals surface area contributed by atoms with Gasteiger partial charge in [0.1, 0.15) is 11.6 Å². The van der Waals surface area contributed by atoms with Crippen LogP contribution >= 0.6 is 11.3 Å². The van der Waals surface area contributed by atoms with Crippen molar-refractivity contribution in [1.82, 2.24) is 10.3 Å². The first-order chi connectivity index (χ1) is 13.7. The van der Waals surface area contributed by atoms with Crippen molar-refractivity contribution >= 4 is 17.2 Å². The molecule has 2 heterocycles. The van der Waals surface area contributed by atoms with Gasteiger partial charge in [-0.05, 0) is 6.92 Å². The van der Waals surface area contributed by atoms with E-state index in [-0.39, 0.29) is 11.9 Å². The molecule has 1 fully saturated rings. The van der Waals surface area contributed by atoms with Gasteiger partial charge in [-0.2, -0.15) is 0 Å². The SMILES string of the molecule is Cc1ccc(-c2nc(CC(=O)N[C@H]3CC[NH+](Cc4ccccc4)C3)cs2)cc1. The molecular weight excluding hydrogens is 366 g/mol. The molecule has 0 saturated carbocycles. The summed E-state index contributed by atoms with van der Waals surface area (Å²) in [6, 6.07) is 19.2. The summed E-state index contributed by atoms with van der Waals surface area (Å²) >= 11 is 1.60. The standard InChI is InChI=1S/C23H25N3OS/c1-17-7-9-19(10-8-17)23-25-21(16-28-23)13-22(27)24-20-11-12-26(15-20)14-18-5-3-2-4-6-18/h2-10,16,20H,11-15H2,1H3,(H,24,27)/p+1/t20-/m0/s1. The molecule has 2 aromatic carbocycles. The number of quaternary nitrogens is 1. The van der Waals surface area contributed by atoms with Crippen LogP contribution in [0.3, 0.4) is 0 Å². The highest BCUT2D eigenvalue weighted by molar-refractivity contribution is 7.13. The van der Waals surface area contributed by atoms with Crippen LogP contribution in [0.2, 0.25) is 0 Å². The van der Waals surface area contributed by atoms with Crippen molar-refractivity contribution in [2.24, 2.45) is 0 Å². The maximum Gasteiger partial charge on any atom is 0.226 e. The van der Waals surface area contributed by atoms with Gasteiger partial charge in [-0.1, -0.05) is 60.2 Å². The van der Waals surface area contributed by atoms with Gasteiger partial charge in [-0.15, -0.1) is 11.3 Å². The quantitative estimate of drug-likeness (QED) is 0.677. The number of hydrogen-bond donors (Lipinski definition) is 2. The highest BCUT2D eigenvalue weighted by Crippen LogP contribution is 2.24. The van der Waals surface area contributed by atoms with Gasteiger partial charge in [0.2, 0.25) is 5.91 Å². The number of likely N-dealkylation sites (tertiary alicyclic amines) is 1. The summed E-state index contributed by atoms with van der Waals surface area (Å²) in [5, 5.41) is 6.18. The fourth-order valence-electron chi connectivity index (χ4n) is 3.76. The Kier molecular flexibility index (Phi) is 5.84. The molecule has 2 atom stereocenters. The first-order valence-corrected chi connectivity index (χ1v) is 10.7. The van der Waals surface area contributed by atoms with Gasteiger partial charge in [-0.3, -0.25) is 4.79 Å². The summed E-state index contributed by atoms with van der Waals surface area (Å²) in [6.45, 7) is 5.20. The number of carbonyl (C=O) groups is 1. The molecule has 0 spiro atoms. The molecule has 2 N–H and O–H groups in total. The van der Waals surface area contributed by atoms with Gasteiger partial charge >= 0.3 is 0 Å². The van der Waals surface area contributed by atoms with Crippen LogP contribution in [0.15, 0.2) is 60.0 Å². The summed E-state index contributed by atoms with van der Waals surface area (Å²) in [5.74, 6) is 0.0757. The van der Waals surface area contributed by atoms with E-state index < -0.39 is 0 Å². The first-order valence-electron chi connectivity index (χ1n) is 9.84. The number of aromatic nitrogens is 1. The van der Waals surface area contributed by atoms with Crippen LogP contribution in [-0.4, -0.2) is 30.0 Å². The fraction of sp³-hybridized carbons (Fsp3) is 0.304. The maximum atomic E-state index is 12.5. The number of nitrogens with zero attached hydrogens (tertiary/aromatic N) is 1. The number of amides is 1. The first kappa shape index (κ1) is 18.8. The lowest BCUT2D eigenvalue weighted by Crippen LogP contribution is -3.09. The lowest BCUT2D eigenvalue weighted by atomic mass is 10.2. The minimum Gasteiger partial charge on any atom is -0.347 e. The highest BCUT2D eigenvalue weighted by atomic mass is 32.1. The van der Waals surface area contributed by atoms with Crippen LogP contribution in [0.1, 0.15) is 23.2 Å². The molecule has 1 saturated heterocycles. The Bertz CT molecular complexity index is 921. The van der Waals surface area contributed by atoms with Crippen LogP contribution in [0.5, 0.6) is 0 Å². The molecular formula is C23H26N3OS+. The Labute approximate surface area is 170 Å². The molecule has 4 rings (SSSR count). The Hall–Kier alpha value is -2.50. The van der Waals surface area contributed by atoms with E-state index in [2.05, 4.69) is 71.8 Å². The number of hydrogen-bond acceptors (Lipinski definition) is 3. The molecule has 4 nitrogen and oxygen atoms in total. The smallest absolute Gasteiger partial charge is 0.226 e. The Morgan fingerprint density at radius 1 is 1.18 bits per heavy atom. The average molecular weight is 393 g/mol. The van der Waals surface area contributed by atoms with Crippen LogP contribution in [-0.2, 0) is 17.8 Å². The van der Waals surface area contributed by atoms with Crippen LogP contribution in [0, 0.1) is 6.92 Å². The Balaban J connectivity index is 1.27. The predicted molar refractivity (Wildman–Crippen MR) is 113 cm³/mol. The second-order valence-electron chi connectivity index (χ2n) is 7.61. The largest absolute Gasteiger partial charge is 0.347 e. The topological polar surface area (TPSA) is 46.4 Å². The van der Waals surface area contributed by atoms with E-state index in [1.54, 1.807) is 11.3 Å². The van der Waals surface area contributed by atoms with E-state index >= 15 is 0 Å². The van der Waals surface area contributed by atoms with Gasteiger partial charge < -0.3 is 10.2 Å². The summed E-state index contributed by atoms with van der Waals surface area (Å²) in [5.41, 5.74) is 4.55. The molecule has 144 valence electrons.